The summed E-state index contributed by atoms with van der Waals surface area (Å²) >= 11 is 0. The van der Waals surface area contributed by atoms with Gasteiger partial charge < -0.3 is 4.90 Å². The number of carbonyl (C=O) groups excluding carboxylic acids is 1. The molecule has 2 aromatic rings. The average molecular weight is 360 g/mol. The molecule has 0 saturated heterocycles. The van der Waals surface area contributed by atoms with Gasteiger partial charge in [-0.15, -0.1) is 0 Å². The van der Waals surface area contributed by atoms with Crippen LogP contribution >= 0.6 is 0 Å². The predicted octanol–water partition coefficient (Wildman–Crippen LogP) is 2.59. The quantitative estimate of drug-likeness (QED) is 0.619. The normalized spacial score (nSPS) is 14.0. The Labute approximate surface area is 145 Å². The van der Waals surface area contributed by atoms with E-state index in [1.807, 2.05) is 0 Å². The van der Waals surface area contributed by atoms with Gasteiger partial charge in [0.25, 0.3) is 11.6 Å². The molecule has 3 rings (SSSR count). The van der Waals surface area contributed by atoms with Crippen LogP contribution in [0.3, 0.4) is 0 Å². The summed E-state index contributed by atoms with van der Waals surface area (Å²) in [6.45, 7) is 0.479. The second-order valence-corrected chi connectivity index (χ2v) is 7.95. The minimum atomic E-state index is -3.32. The molecule has 0 fully saturated rings. The first kappa shape index (κ1) is 17.1. The van der Waals surface area contributed by atoms with Gasteiger partial charge in [-0.05, 0) is 42.7 Å². The number of anilines is 1. The predicted molar refractivity (Wildman–Crippen MR) is 92.6 cm³/mol. The van der Waals surface area contributed by atoms with Gasteiger partial charge in [-0.3, -0.25) is 14.9 Å². The largest absolute Gasteiger partial charge is 0.308 e. The Bertz CT molecular complexity index is 969. The van der Waals surface area contributed by atoms with Crippen molar-refractivity contribution in [3.63, 3.8) is 0 Å². The number of rotatable bonds is 3. The first-order valence-corrected chi connectivity index (χ1v) is 9.56. The third-order valence-electron chi connectivity index (χ3n) is 4.15. The van der Waals surface area contributed by atoms with E-state index in [4.69, 9.17) is 0 Å². The Morgan fingerprint density at radius 2 is 1.96 bits per heavy atom. The van der Waals surface area contributed by atoms with Crippen LogP contribution in [-0.2, 0) is 16.3 Å². The molecule has 0 radical (unpaired) electrons. The zero-order valence-corrected chi connectivity index (χ0v) is 14.3. The molecule has 25 heavy (non-hydrogen) atoms. The molecular formula is C17H16N2O5S. The molecule has 0 bridgehead atoms. The summed E-state index contributed by atoms with van der Waals surface area (Å²) in [6.07, 6.45) is 2.52. The fraction of sp³-hybridized carbons (Fsp3) is 0.235. The van der Waals surface area contributed by atoms with E-state index in [0.717, 1.165) is 11.8 Å². The summed E-state index contributed by atoms with van der Waals surface area (Å²) in [4.78, 5) is 24.9. The van der Waals surface area contributed by atoms with Crippen LogP contribution in [0, 0.1) is 10.1 Å². The van der Waals surface area contributed by atoms with Gasteiger partial charge in [-0.25, -0.2) is 8.42 Å². The lowest BCUT2D eigenvalue weighted by molar-refractivity contribution is -0.384. The molecule has 0 N–H and O–H groups in total. The number of nitro benzene ring substituents is 1. The molecule has 0 aliphatic carbocycles. The first-order chi connectivity index (χ1) is 11.8. The molecule has 8 heteroatoms. The fourth-order valence-corrected chi connectivity index (χ4v) is 3.60. The van der Waals surface area contributed by atoms with E-state index in [0.29, 0.717) is 25.1 Å². The lowest BCUT2D eigenvalue weighted by Crippen LogP contribution is -2.35. The number of sulfone groups is 1. The van der Waals surface area contributed by atoms with Gasteiger partial charge in [0.1, 0.15) is 0 Å². The number of non-ortho nitro benzene ring substituents is 1. The SMILES string of the molecule is CS(=O)(=O)c1ccc2c(c1)CCCN2C(=O)c1cccc([N+](=O)[O-])c1. The molecule has 1 heterocycles. The van der Waals surface area contributed by atoms with Gasteiger partial charge in [-0.2, -0.15) is 0 Å². The van der Waals surface area contributed by atoms with Crippen molar-refractivity contribution in [1.82, 2.24) is 0 Å². The molecule has 1 aliphatic rings. The zero-order valence-electron chi connectivity index (χ0n) is 13.5. The van der Waals surface area contributed by atoms with Crippen LogP contribution in [0.5, 0.6) is 0 Å². The fourth-order valence-electron chi connectivity index (χ4n) is 2.92. The van der Waals surface area contributed by atoms with Crippen molar-refractivity contribution < 1.29 is 18.1 Å². The van der Waals surface area contributed by atoms with Crippen LogP contribution < -0.4 is 4.90 Å². The second kappa shape index (κ2) is 6.29. The maximum Gasteiger partial charge on any atom is 0.270 e. The van der Waals surface area contributed by atoms with Crippen LogP contribution in [0.1, 0.15) is 22.3 Å². The minimum absolute atomic E-state index is 0.143. The Balaban J connectivity index is 1.99. The smallest absolute Gasteiger partial charge is 0.270 e. The van der Waals surface area contributed by atoms with Crippen LogP contribution in [0.4, 0.5) is 11.4 Å². The summed E-state index contributed by atoms with van der Waals surface area (Å²) in [5.41, 5.74) is 1.52. The third kappa shape index (κ3) is 3.39. The molecule has 0 unspecified atom stereocenters. The van der Waals surface area contributed by atoms with E-state index in [1.54, 1.807) is 17.0 Å². The Morgan fingerprint density at radius 1 is 1.20 bits per heavy atom. The lowest BCUT2D eigenvalue weighted by atomic mass is 10.0. The third-order valence-corrected chi connectivity index (χ3v) is 5.26. The van der Waals surface area contributed by atoms with E-state index in [-0.39, 0.29) is 22.1 Å². The molecule has 0 atom stereocenters. The van der Waals surface area contributed by atoms with Crippen molar-refractivity contribution in [2.45, 2.75) is 17.7 Å². The number of hydrogen-bond donors (Lipinski definition) is 0. The van der Waals surface area contributed by atoms with Gasteiger partial charge in [0, 0.05) is 36.2 Å². The first-order valence-electron chi connectivity index (χ1n) is 7.66. The molecule has 130 valence electrons. The van der Waals surface area contributed by atoms with E-state index >= 15 is 0 Å². The van der Waals surface area contributed by atoms with Crippen molar-refractivity contribution in [2.75, 3.05) is 17.7 Å². The molecule has 1 amide bonds. The number of carbonyl (C=O) groups is 1. The Hall–Kier alpha value is -2.74. The topological polar surface area (TPSA) is 97.6 Å². The number of nitro groups is 1. The highest BCUT2D eigenvalue weighted by atomic mass is 32.2. The molecule has 0 spiro atoms. The molecule has 7 nitrogen and oxygen atoms in total. The van der Waals surface area contributed by atoms with Gasteiger partial charge in [0.15, 0.2) is 9.84 Å². The standard InChI is InChI=1S/C17H16N2O5S/c1-25(23,24)15-7-8-16-12(11-15)5-3-9-18(16)17(20)13-4-2-6-14(10-13)19(21)22/h2,4,6-8,10-11H,3,5,9H2,1H3. The van der Waals surface area contributed by atoms with Crippen molar-refractivity contribution >= 4 is 27.1 Å². The molecule has 1 aliphatic heterocycles. The number of nitrogens with zero attached hydrogens (tertiary/aromatic N) is 2. The summed E-state index contributed by atoms with van der Waals surface area (Å²) in [7, 11) is -3.32. The highest BCUT2D eigenvalue weighted by Gasteiger charge is 2.25. The monoisotopic (exact) mass is 360 g/mol. The van der Waals surface area contributed by atoms with Crippen molar-refractivity contribution in [3.8, 4) is 0 Å². The van der Waals surface area contributed by atoms with Crippen molar-refractivity contribution in [3.05, 3.63) is 63.7 Å². The summed E-state index contributed by atoms with van der Waals surface area (Å²) in [5.74, 6) is -0.336. The van der Waals surface area contributed by atoms with Gasteiger partial charge in [0.2, 0.25) is 0 Å². The number of amides is 1. The number of hydrogen-bond acceptors (Lipinski definition) is 5. The zero-order chi connectivity index (χ0) is 18.2. The number of benzene rings is 2. The van der Waals surface area contributed by atoms with Gasteiger partial charge in [-0.1, -0.05) is 6.07 Å². The molecular weight excluding hydrogens is 344 g/mol. The number of aryl methyl sites for hydroxylation is 1. The van der Waals surface area contributed by atoms with Crippen LogP contribution in [-0.4, -0.2) is 32.0 Å². The second-order valence-electron chi connectivity index (χ2n) is 5.93. The lowest BCUT2D eigenvalue weighted by Gasteiger charge is -2.30. The minimum Gasteiger partial charge on any atom is -0.308 e. The van der Waals surface area contributed by atoms with Gasteiger partial charge in [0.05, 0.1) is 9.82 Å². The van der Waals surface area contributed by atoms with E-state index in [9.17, 15) is 23.3 Å². The molecule has 2 aromatic carbocycles. The maximum atomic E-state index is 12.8. The molecule has 0 saturated carbocycles. The Morgan fingerprint density at radius 3 is 2.64 bits per heavy atom. The maximum absolute atomic E-state index is 12.8. The highest BCUT2D eigenvalue weighted by Crippen LogP contribution is 2.31. The summed E-state index contributed by atoms with van der Waals surface area (Å²) < 4.78 is 23.4. The van der Waals surface area contributed by atoms with Crippen LogP contribution in [0.2, 0.25) is 0 Å². The van der Waals surface area contributed by atoms with Gasteiger partial charge >= 0.3 is 0 Å². The van der Waals surface area contributed by atoms with E-state index in [1.165, 1.54) is 30.3 Å². The molecule has 0 aromatic heterocycles. The van der Waals surface area contributed by atoms with E-state index in [2.05, 4.69) is 0 Å². The van der Waals surface area contributed by atoms with E-state index < -0.39 is 14.8 Å². The summed E-state index contributed by atoms with van der Waals surface area (Å²) in [6, 6.07) is 10.3. The van der Waals surface area contributed by atoms with Crippen molar-refractivity contribution in [2.24, 2.45) is 0 Å². The van der Waals surface area contributed by atoms with Crippen LogP contribution in [0.25, 0.3) is 0 Å². The Kier molecular flexibility index (Phi) is 4.30. The number of fused-ring (bicyclic) bond motifs is 1. The average Bonchev–Trinajstić information content (AvgIpc) is 2.59. The summed E-state index contributed by atoms with van der Waals surface area (Å²) in [5, 5.41) is 10.9. The van der Waals surface area contributed by atoms with Crippen LogP contribution in [0.15, 0.2) is 47.4 Å². The van der Waals surface area contributed by atoms with Crippen molar-refractivity contribution in [1.29, 1.82) is 0 Å². The highest BCUT2D eigenvalue weighted by molar-refractivity contribution is 7.90.